The zero-order valence-electron chi connectivity index (χ0n) is 17.8. The molecular formula is C24H23FN6O2. The predicted octanol–water partition coefficient (Wildman–Crippen LogP) is 4.36. The largest absolute Gasteiger partial charge is 0.481 e. The third kappa shape index (κ3) is 3.18. The summed E-state index contributed by atoms with van der Waals surface area (Å²) in [7, 11) is 0. The lowest BCUT2D eigenvalue weighted by molar-refractivity contribution is -0.148. The molecule has 3 saturated carbocycles. The Bertz CT molecular complexity index is 1400. The molecule has 0 radical (unpaired) electrons. The Morgan fingerprint density at radius 1 is 1.27 bits per heavy atom. The van der Waals surface area contributed by atoms with E-state index in [4.69, 9.17) is 4.98 Å². The lowest BCUT2D eigenvalue weighted by atomic mass is 9.61. The standard InChI is InChI=1S/C24H23FN6O2/c1-2-12-7-18-23(28-20-14-5-3-13(4-6-14)19(20)24(32)33)29-22(30-31(18)11-12)17-10-27-21-16(17)8-15(25)9-26-21/h2,7-11,13-14,19-20H,1,3-6H2,(H,26,27)(H,32,33)(H,28,29,30)/t13-,14+,19-,20-/m0/s1. The number of hydrogen-bond acceptors (Lipinski definition) is 5. The first-order valence-corrected chi connectivity index (χ1v) is 11.2. The van der Waals surface area contributed by atoms with Gasteiger partial charge in [0.1, 0.15) is 17.0 Å². The number of H-pyrrole nitrogens is 1. The summed E-state index contributed by atoms with van der Waals surface area (Å²) < 4.78 is 15.6. The van der Waals surface area contributed by atoms with Crippen LogP contribution in [0.15, 0.2) is 37.3 Å². The lowest BCUT2D eigenvalue weighted by Crippen LogP contribution is -2.51. The van der Waals surface area contributed by atoms with E-state index >= 15 is 0 Å². The Kier molecular flexibility index (Phi) is 4.46. The van der Waals surface area contributed by atoms with Crippen LogP contribution in [0.25, 0.3) is 34.0 Å². The number of fused-ring (bicyclic) bond motifs is 5. The molecule has 3 aliphatic carbocycles. The quantitative estimate of drug-likeness (QED) is 0.421. The number of carbonyl (C=O) groups is 1. The maximum atomic E-state index is 13.9. The van der Waals surface area contributed by atoms with Gasteiger partial charge in [-0.1, -0.05) is 12.7 Å². The first kappa shape index (κ1) is 19.9. The van der Waals surface area contributed by atoms with Gasteiger partial charge in [-0.2, -0.15) is 0 Å². The highest BCUT2D eigenvalue weighted by atomic mass is 19.1. The molecule has 0 unspecified atom stereocenters. The Hall–Kier alpha value is -3.75. The molecule has 0 spiro atoms. The van der Waals surface area contributed by atoms with Crippen molar-refractivity contribution >= 4 is 34.4 Å². The number of rotatable bonds is 5. The molecule has 0 amide bonds. The third-order valence-electron chi connectivity index (χ3n) is 7.27. The number of halogens is 1. The fourth-order valence-corrected chi connectivity index (χ4v) is 5.68. The summed E-state index contributed by atoms with van der Waals surface area (Å²) in [4.78, 5) is 24.1. The summed E-state index contributed by atoms with van der Waals surface area (Å²) in [5.74, 6) is -0.224. The number of aromatic amines is 1. The van der Waals surface area contributed by atoms with Crippen molar-refractivity contribution in [3.63, 3.8) is 0 Å². The number of nitrogens with one attached hydrogen (secondary N) is 2. The van der Waals surface area contributed by atoms with E-state index in [1.807, 2.05) is 12.3 Å². The maximum absolute atomic E-state index is 13.9. The summed E-state index contributed by atoms with van der Waals surface area (Å²) >= 11 is 0. The Balaban J connectivity index is 1.49. The zero-order valence-corrected chi connectivity index (χ0v) is 17.8. The van der Waals surface area contributed by atoms with Crippen molar-refractivity contribution in [2.24, 2.45) is 17.8 Å². The minimum atomic E-state index is -0.757. The molecule has 0 saturated heterocycles. The van der Waals surface area contributed by atoms with E-state index in [0.717, 1.165) is 43.0 Å². The molecule has 2 atom stereocenters. The van der Waals surface area contributed by atoms with Crippen LogP contribution in [-0.4, -0.2) is 41.7 Å². The highest BCUT2D eigenvalue weighted by molar-refractivity contribution is 5.92. The van der Waals surface area contributed by atoms with Crippen LogP contribution in [0.4, 0.5) is 10.2 Å². The number of carboxylic acid groups (broad SMARTS) is 1. The number of pyridine rings is 1. The summed E-state index contributed by atoms with van der Waals surface area (Å²) in [5, 5.41) is 18.7. The van der Waals surface area contributed by atoms with Crippen LogP contribution in [-0.2, 0) is 4.79 Å². The second-order valence-corrected chi connectivity index (χ2v) is 9.05. The van der Waals surface area contributed by atoms with Gasteiger partial charge in [-0.3, -0.25) is 4.79 Å². The molecule has 4 heterocycles. The number of hydrogen-bond donors (Lipinski definition) is 3. The van der Waals surface area contributed by atoms with Crippen molar-refractivity contribution in [3.8, 4) is 11.4 Å². The van der Waals surface area contributed by atoms with E-state index in [-0.39, 0.29) is 17.9 Å². The van der Waals surface area contributed by atoms with E-state index in [9.17, 15) is 14.3 Å². The molecule has 4 aromatic rings. The molecule has 168 valence electrons. The van der Waals surface area contributed by atoms with E-state index < -0.39 is 17.7 Å². The molecule has 9 heteroatoms. The van der Waals surface area contributed by atoms with Crippen molar-refractivity contribution in [2.75, 3.05) is 5.32 Å². The number of nitrogens with zero attached hydrogens (tertiary/aromatic N) is 4. The zero-order chi connectivity index (χ0) is 22.7. The van der Waals surface area contributed by atoms with Crippen molar-refractivity contribution in [2.45, 2.75) is 31.7 Å². The lowest BCUT2D eigenvalue weighted by Gasteiger charge is -2.47. The molecule has 33 heavy (non-hydrogen) atoms. The first-order chi connectivity index (χ1) is 16.0. The number of aliphatic carboxylic acids is 1. The van der Waals surface area contributed by atoms with Crippen LogP contribution in [0.3, 0.4) is 0 Å². The molecule has 0 aliphatic heterocycles. The summed E-state index contributed by atoms with van der Waals surface area (Å²) in [5.41, 5.74) is 2.77. The molecule has 3 aliphatic rings. The number of carboxylic acids is 1. The number of anilines is 1. The topological polar surface area (TPSA) is 108 Å². The SMILES string of the molecule is C=Cc1cc2c(N[C@H]3[C@H]4CC[C@H](CC4)[C@@H]3C(=O)O)nc(-c3c[nH]c4ncc(F)cc34)nn2c1. The Morgan fingerprint density at radius 2 is 2.06 bits per heavy atom. The van der Waals surface area contributed by atoms with E-state index in [1.54, 1.807) is 16.8 Å². The van der Waals surface area contributed by atoms with Gasteiger partial charge in [0.15, 0.2) is 11.6 Å². The fourth-order valence-electron chi connectivity index (χ4n) is 5.68. The van der Waals surface area contributed by atoms with Gasteiger partial charge in [0.05, 0.1) is 12.1 Å². The van der Waals surface area contributed by atoms with E-state index in [0.29, 0.717) is 28.2 Å². The van der Waals surface area contributed by atoms with Crippen LogP contribution in [0.1, 0.15) is 31.2 Å². The molecule has 7 rings (SSSR count). The molecule has 8 nitrogen and oxygen atoms in total. The van der Waals surface area contributed by atoms with Gasteiger partial charge in [0.25, 0.3) is 0 Å². The van der Waals surface area contributed by atoms with Crippen LogP contribution >= 0.6 is 0 Å². The summed E-state index contributed by atoms with van der Waals surface area (Å²) in [6.07, 6.45) is 10.4. The summed E-state index contributed by atoms with van der Waals surface area (Å²) in [6, 6.07) is 3.12. The van der Waals surface area contributed by atoms with E-state index in [2.05, 4.69) is 27.0 Å². The fraction of sp³-hybridized carbons (Fsp3) is 0.333. The molecule has 4 aromatic heterocycles. The molecule has 2 bridgehead atoms. The normalized spacial score (nSPS) is 24.4. The Morgan fingerprint density at radius 3 is 2.82 bits per heavy atom. The smallest absolute Gasteiger partial charge is 0.308 e. The van der Waals surface area contributed by atoms with Gasteiger partial charge < -0.3 is 15.4 Å². The van der Waals surface area contributed by atoms with Gasteiger partial charge >= 0.3 is 5.97 Å². The van der Waals surface area contributed by atoms with Gasteiger partial charge in [-0.15, -0.1) is 5.10 Å². The average Bonchev–Trinajstić information content (AvgIpc) is 3.43. The van der Waals surface area contributed by atoms with Crippen molar-refractivity contribution in [3.05, 3.63) is 48.7 Å². The van der Waals surface area contributed by atoms with Crippen LogP contribution in [0, 0.1) is 23.6 Å². The highest BCUT2D eigenvalue weighted by Crippen LogP contribution is 2.46. The molecule has 3 fully saturated rings. The highest BCUT2D eigenvalue weighted by Gasteiger charge is 2.47. The van der Waals surface area contributed by atoms with E-state index in [1.165, 1.54) is 6.07 Å². The first-order valence-electron chi connectivity index (χ1n) is 11.2. The van der Waals surface area contributed by atoms with Crippen molar-refractivity contribution in [1.29, 1.82) is 0 Å². The van der Waals surface area contributed by atoms with Crippen molar-refractivity contribution in [1.82, 2.24) is 24.6 Å². The number of aromatic nitrogens is 5. The van der Waals surface area contributed by atoms with Gasteiger partial charge in [-0.05, 0) is 55.2 Å². The van der Waals surface area contributed by atoms with Crippen LogP contribution in [0.5, 0.6) is 0 Å². The Labute approximate surface area is 188 Å². The predicted molar refractivity (Wildman–Crippen MR) is 122 cm³/mol. The maximum Gasteiger partial charge on any atom is 0.308 e. The monoisotopic (exact) mass is 446 g/mol. The second-order valence-electron chi connectivity index (χ2n) is 9.05. The van der Waals surface area contributed by atoms with Gasteiger partial charge in [0, 0.05) is 29.4 Å². The minimum absolute atomic E-state index is 0.181. The molecule has 0 aromatic carbocycles. The van der Waals surface area contributed by atoms with Gasteiger partial charge in [0.2, 0.25) is 0 Å². The summed E-state index contributed by atoms with van der Waals surface area (Å²) in [6.45, 7) is 3.85. The molecule has 3 N–H and O–H groups in total. The third-order valence-corrected chi connectivity index (χ3v) is 7.27. The van der Waals surface area contributed by atoms with Crippen LogP contribution < -0.4 is 5.32 Å². The minimum Gasteiger partial charge on any atom is -0.481 e. The van der Waals surface area contributed by atoms with Crippen LogP contribution in [0.2, 0.25) is 0 Å². The average molecular weight is 446 g/mol. The van der Waals surface area contributed by atoms with Crippen molar-refractivity contribution < 1.29 is 14.3 Å². The molecular weight excluding hydrogens is 423 g/mol. The second kappa shape index (κ2) is 7.40. The van der Waals surface area contributed by atoms with Gasteiger partial charge in [-0.25, -0.2) is 18.9 Å².